The average Bonchev–Trinajstić information content (AvgIpc) is 3.41. The Labute approximate surface area is 181 Å². The Bertz CT molecular complexity index is 1160. The zero-order valence-electron chi connectivity index (χ0n) is 17.0. The molecule has 1 aliphatic heterocycles. The highest BCUT2D eigenvalue weighted by atomic mass is 19.4. The Balaban J connectivity index is 1.65. The molecule has 32 heavy (non-hydrogen) atoms. The topological polar surface area (TPSA) is 76.5 Å². The number of anilines is 2. The molecule has 2 amide bonds. The van der Waals surface area contributed by atoms with Crippen molar-refractivity contribution in [1.82, 2.24) is 9.78 Å². The second-order valence-corrected chi connectivity index (χ2v) is 7.14. The Hall–Kier alpha value is -3.82. The van der Waals surface area contributed by atoms with E-state index >= 15 is 0 Å². The van der Waals surface area contributed by atoms with Crippen LogP contribution in [0.25, 0.3) is 5.69 Å². The first kappa shape index (κ1) is 21.4. The number of rotatable bonds is 5. The maximum atomic E-state index is 13.8. The minimum atomic E-state index is -4.81. The number of nitrogens with one attached hydrogen (secondary N) is 1. The van der Waals surface area contributed by atoms with Crippen LogP contribution in [0, 0.1) is 0 Å². The van der Waals surface area contributed by atoms with E-state index in [1.165, 1.54) is 31.4 Å². The van der Waals surface area contributed by atoms with Crippen LogP contribution in [0.15, 0.2) is 54.7 Å². The number of ether oxygens (including phenoxy) is 1. The van der Waals surface area contributed by atoms with Crippen LogP contribution in [0.5, 0.6) is 5.75 Å². The molecule has 0 atom stereocenters. The highest BCUT2D eigenvalue weighted by molar-refractivity contribution is 6.05. The highest BCUT2D eigenvalue weighted by Gasteiger charge is 2.40. The number of amides is 2. The van der Waals surface area contributed by atoms with Crippen molar-refractivity contribution in [2.45, 2.75) is 19.0 Å². The minimum absolute atomic E-state index is 0.0387. The molecule has 4 rings (SSSR count). The third-order valence-electron chi connectivity index (χ3n) is 5.08. The normalized spacial score (nSPS) is 14.0. The van der Waals surface area contributed by atoms with Crippen LogP contribution in [0.2, 0.25) is 0 Å². The van der Waals surface area contributed by atoms with E-state index in [-0.39, 0.29) is 17.3 Å². The molecule has 1 fully saturated rings. The first-order chi connectivity index (χ1) is 15.3. The van der Waals surface area contributed by atoms with Gasteiger partial charge in [-0.25, -0.2) is 4.68 Å². The number of benzene rings is 2. The van der Waals surface area contributed by atoms with E-state index in [9.17, 15) is 22.8 Å². The first-order valence-electron chi connectivity index (χ1n) is 9.80. The summed E-state index contributed by atoms with van der Waals surface area (Å²) in [5.41, 5.74) is -0.838. The predicted octanol–water partition coefficient (Wildman–Crippen LogP) is 4.28. The van der Waals surface area contributed by atoms with Crippen LogP contribution >= 0.6 is 0 Å². The van der Waals surface area contributed by atoms with Gasteiger partial charge in [-0.3, -0.25) is 9.59 Å². The van der Waals surface area contributed by atoms with E-state index in [1.54, 1.807) is 29.2 Å². The maximum absolute atomic E-state index is 13.8. The summed E-state index contributed by atoms with van der Waals surface area (Å²) < 4.78 is 47.5. The van der Waals surface area contributed by atoms with Crippen LogP contribution in [-0.4, -0.2) is 35.2 Å². The molecule has 10 heteroatoms. The molecule has 0 radical (unpaired) electrons. The largest absolute Gasteiger partial charge is 0.494 e. The van der Waals surface area contributed by atoms with Crippen LogP contribution in [0.3, 0.4) is 0 Å². The lowest BCUT2D eigenvalue weighted by Crippen LogP contribution is -2.24. The Kier molecular flexibility index (Phi) is 5.60. The van der Waals surface area contributed by atoms with E-state index in [4.69, 9.17) is 4.74 Å². The van der Waals surface area contributed by atoms with Crippen molar-refractivity contribution in [3.05, 3.63) is 66.0 Å². The monoisotopic (exact) mass is 444 g/mol. The van der Waals surface area contributed by atoms with E-state index in [0.717, 1.165) is 12.6 Å². The van der Waals surface area contributed by atoms with Gasteiger partial charge >= 0.3 is 6.18 Å². The quantitative estimate of drug-likeness (QED) is 0.638. The van der Waals surface area contributed by atoms with Crippen molar-refractivity contribution < 1.29 is 27.5 Å². The molecule has 0 unspecified atom stereocenters. The smallest absolute Gasteiger partial charge is 0.434 e. The van der Waals surface area contributed by atoms with Crippen molar-refractivity contribution in [2.75, 3.05) is 23.9 Å². The van der Waals surface area contributed by atoms with Crippen molar-refractivity contribution in [3.63, 3.8) is 0 Å². The number of nitrogens with zero attached hydrogens (tertiary/aromatic N) is 3. The molecule has 3 aromatic rings. The fourth-order valence-corrected chi connectivity index (χ4v) is 3.63. The molecule has 2 aromatic carbocycles. The molecular weight excluding hydrogens is 425 g/mol. The van der Waals surface area contributed by atoms with Gasteiger partial charge in [0.2, 0.25) is 5.91 Å². The Morgan fingerprint density at radius 3 is 2.53 bits per heavy atom. The molecule has 0 spiro atoms. The lowest BCUT2D eigenvalue weighted by molar-refractivity contribution is -0.143. The predicted molar refractivity (Wildman–Crippen MR) is 111 cm³/mol. The Morgan fingerprint density at radius 1 is 1.16 bits per heavy atom. The van der Waals surface area contributed by atoms with Crippen molar-refractivity contribution >= 4 is 23.2 Å². The molecule has 1 aliphatic rings. The Morgan fingerprint density at radius 2 is 1.91 bits per heavy atom. The number of alkyl halides is 3. The summed E-state index contributed by atoms with van der Waals surface area (Å²) in [5.74, 6) is -0.677. The van der Waals surface area contributed by atoms with Gasteiger partial charge in [-0.1, -0.05) is 18.2 Å². The zero-order chi connectivity index (χ0) is 22.9. The van der Waals surface area contributed by atoms with Gasteiger partial charge in [0.1, 0.15) is 5.75 Å². The van der Waals surface area contributed by atoms with E-state index in [0.29, 0.717) is 29.1 Å². The summed E-state index contributed by atoms with van der Waals surface area (Å²) in [6.45, 7) is 0.550. The van der Waals surface area contributed by atoms with Gasteiger partial charge in [0.25, 0.3) is 5.91 Å². The van der Waals surface area contributed by atoms with Gasteiger partial charge in [-0.15, -0.1) is 0 Å². The van der Waals surface area contributed by atoms with Gasteiger partial charge in [0.15, 0.2) is 5.69 Å². The molecule has 0 aliphatic carbocycles. The van der Waals surface area contributed by atoms with Gasteiger partial charge < -0.3 is 15.0 Å². The molecule has 1 N–H and O–H groups in total. The summed E-state index contributed by atoms with van der Waals surface area (Å²) in [6, 6.07) is 12.3. The minimum Gasteiger partial charge on any atom is -0.494 e. The number of aromatic nitrogens is 2. The number of halogens is 3. The summed E-state index contributed by atoms with van der Waals surface area (Å²) in [4.78, 5) is 26.4. The molecule has 1 aromatic heterocycles. The highest BCUT2D eigenvalue weighted by Crippen LogP contribution is 2.36. The number of hydrogen-bond acceptors (Lipinski definition) is 4. The second-order valence-electron chi connectivity index (χ2n) is 7.14. The van der Waals surface area contributed by atoms with Gasteiger partial charge in [0.05, 0.1) is 30.2 Å². The van der Waals surface area contributed by atoms with Crippen molar-refractivity contribution in [2.24, 2.45) is 0 Å². The van der Waals surface area contributed by atoms with Crippen LogP contribution < -0.4 is 15.0 Å². The summed E-state index contributed by atoms with van der Waals surface area (Å²) in [7, 11) is 1.41. The van der Waals surface area contributed by atoms with Crippen LogP contribution in [0.1, 0.15) is 28.9 Å². The van der Waals surface area contributed by atoms with Gasteiger partial charge in [0, 0.05) is 24.7 Å². The molecule has 166 valence electrons. The van der Waals surface area contributed by atoms with E-state index in [2.05, 4.69) is 10.4 Å². The van der Waals surface area contributed by atoms with Gasteiger partial charge in [-0.2, -0.15) is 18.3 Å². The number of methoxy groups -OCH3 is 1. The van der Waals surface area contributed by atoms with E-state index < -0.39 is 23.3 Å². The standard InChI is InChI=1S/C22H19F3N4O3/c1-32-18-12-14(9-10-17(18)28-11-5-8-19(28)30)27-21(31)16-13-26-29(20(16)22(23,24)25)15-6-3-2-4-7-15/h2-4,6-7,9-10,12-13H,5,8,11H2,1H3,(H,27,31). The lowest BCUT2D eigenvalue weighted by Gasteiger charge is -2.19. The average molecular weight is 444 g/mol. The molecule has 1 saturated heterocycles. The van der Waals surface area contributed by atoms with Crippen LogP contribution in [-0.2, 0) is 11.0 Å². The zero-order valence-corrected chi connectivity index (χ0v) is 17.0. The van der Waals surface area contributed by atoms with Crippen LogP contribution in [0.4, 0.5) is 24.5 Å². The second kappa shape index (κ2) is 8.37. The third kappa shape index (κ3) is 4.03. The fourth-order valence-electron chi connectivity index (χ4n) is 3.63. The molecule has 0 saturated carbocycles. The molecule has 7 nitrogen and oxygen atoms in total. The number of carbonyl (C=O) groups excluding carboxylic acids is 2. The van der Waals surface area contributed by atoms with Gasteiger partial charge in [-0.05, 0) is 30.7 Å². The lowest BCUT2D eigenvalue weighted by atomic mass is 10.2. The third-order valence-corrected chi connectivity index (χ3v) is 5.08. The molecule has 0 bridgehead atoms. The summed E-state index contributed by atoms with van der Waals surface area (Å²) in [6.07, 6.45) is -2.75. The SMILES string of the molecule is COc1cc(NC(=O)c2cnn(-c3ccccc3)c2C(F)(F)F)ccc1N1CCCC1=O. The summed E-state index contributed by atoms with van der Waals surface area (Å²) in [5, 5.41) is 6.25. The fraction of sp³-hybridized carbons (Fsp3) is 0.227. The first-order valence-corrected chi connectivity index (χ1v) is 9.80. The molecular formula is C22H19F3N4O3. The van der Waals surface area contributed by atoms with E-state index in [1.807, 2.05) is 0 Å². The van der Waals surface area contributed by atoms with Crippen molar-refractivity contribution in [3.8, 4) is 11.4 Å². The number of carbonyl (C=O) groups is 2. The maximum Gasteiger partial charge on any atom is 0.434 e. The number of hydrogen-bond donors (Lipinski definition) is 1. The molecule has 2 heterocycles. The van der Waals surface area contributed by atoms with Crippen molar-refractivity contribution in [1.29, 1.82) is 0 Å². The summed E-state index contributed by atoms with van der Waals surface area (Å²) >= 11 is 0. The number of para-hydroxylation sites is 1.